The molecule has 88 valence electrons. The standard InChI is InChI=1S/C10H13FN2O2S/c11-10-4-3-9(16(12,14)15)5-7(10)6-13-8-1-2-8/h3-5,8,13H,1-2,6H2,(H2,12,14,15). The number of nitrogens with two attached hydrogens (primary N) is 1. The minimum Gasteiger partial charge on any atom is -0.310 e. The van der Waals surface area contributed by atoms with E-state index < -0.39 is 15.8 Å². The van der Waals surface area contributed by atoms with Crippen LogP contribution in [0.25, 0.3) is 0 Å². The first-order valence-corrected chi connectivity index (χ1v) is 6.56. The third-order valence-electron chi connectivity index (χ3n) is 2.50. The Bertz CT molecular complexity index is 498. The van der Waals surface area contributed by atoms with E-state index in [-0.39, 0.29) is 4.90 Å². The van der Waals surface area contributed by atoms with Crippen molar-refractivity contribution in [2.45, 2.75) is 30.3 Å². The van der Waals surface area contributed by atoms with E-state index in [4.69, 9.17) is 5.14 Å². The molecule has 0 heterocycles. The highest BCUT2D eigenvalue weighted by atomic mass is 32.2. The van der Waals surface area contributed by atoms with Gasteiger partial charge < -0.3 is 5.32 Å². The number of sulfonamides is 1. The first-order valence-electron chi connectivity index (χ1n) is 5.01. The van der Waals surface area contributed by atoms with Crippen LogP contribution in [0.2, 0.25) is 0 Å². The molecule has 1 aromatic carbocycles. The zero-order valence-electron chi connectivity index (χ0n) is 8.61. The van der Waals surface area contributed by atoms with E-state index >= 15 is 0 Å². The molecule has 1 aliphatic carbocycles. The second-order valence-corrected chi connectivity index (χ2v) is 5.51. The number of hydrogen-bond donors (Lipinski definition) is 2. The van der Waals surface area contributed by atoms with Crippen LogP contribution in [0, 0.1) is 5.82 Å². The van der Waals surface area contributed by atoms with Crippen LogP contribution in [-0.4, -0.2) is 14.5 Å². The number of benzene rings is 1. The summed E-state index contributed by atoms with van der Waals surface area (Å²) in [6.45, 7) is 0.333. The van der Waals surface area contributed by atoms with Gasteiger partial charge in [0.05, 0.1) is 4.90 Å². The third kappa shape index (κ3) is 2.78. The van der Waals surface area contributed by atoms with E-state index in [2.05, 4.69) is 5.32 Å². The highest BCUT2D eigenvalue weighted by Gasteiger charge is 2.21. The minimum atomic E-state index is -3.76. The van der Waals surface area contributed by atoms with Gasteiger partial charge in [-0.3, -0.25) is 0 Å². The van der Waals surface area contributed by atoms with Crippen LogP contribution < -0.4 is 10.5 Å². The normalized spacial score (nSPS) is 16.4. The number of nitrogens with one attached hydrogen (secondary N) is 1. The van der Waals surface area contributed by atoms with Gasteiger partial charge in [-0.2, -0.15) is 0 Å². The molecule has 16 heavy (non-hydrogen) atoms. The van der Waals surface area contributed by atoms with Crippen molar-refractivity contribution in [3.05, 3.63) is 29.6 Å². The molecule has 1 aromatic rings. The van der Waals surface area contributed by atoms with Gasteiger partial charge in [0.1, 0.15) is 5.82 Å². The van der Waals surface area contributed by atoms with Crippen LogP contribution in [-0.2, 0) is 16.6 Å². The summed E-state index contributed by atoms with van der Waals surface area (Å²) in [7, 11) is -3.76. The molecule has 0 aliphatic heterocycles. The van der Waals surface area contributed by atoms with Gasteiger partial charge >= 0.3 is 0 Å². The van der Waals surface area contributed by atoms with Gasteiger partial charge in [0.2, 0.25) is 10.0 Å². The Morgan fingerprint density at radius 3 is 2.69 bits per heavy atom. The Morgan fingerprint density at radius 1 is 1.44 bits per heavy atom. The maximum Gasteiger partial charge on any atom is 0.238 e. The lowest BCUT2D eigenvalue weighted by molar-refractivity contribution is 0.581. The van der Waals surface area contributed by atoms with Gasteiger partial charge in [0.15, 0.2) is 0 Å². The van der Waals surface area contributed by atoms with Crippen LogP contribution in [0.5, 0.6) is 0 Å². The molecule has 0 aromatic heterocycles. The predicted octanol–water partition coefficient (Wildman–Crippen LogP) is 0.725. The maximum absolute atomic E-state index is 13.4. The fraction of sp³-hybridized carbons (Fsp3) is 0.400. The Hall–Kier alpha value is -0.980. The molecule has 1 fully saturated rings. The predicted molar refractivity (Wildman–Crippen MR) is 57.6 cm³/mol. The fourth-order valence-corrected chi connectivity index (χ4v) is 1.97. The lowest BCUT2D eigenvalue weighted by atomic mass is 10.2. The summed E-state index contributed by atoms with van der Waals surface area (Å²) in [6, 6.07) is 4.02. The second kappa shape index (κ2) is 4.12. The SMILES string of the molecule is NS(=O)(=O)c1ccc(F)c(CNC2CC2)c1. The number of hydrogen-bond acceptors (Lipinski definition) is 3. The van der Waals surface area contributed by atoms with Gasteiger partial charge in [0.25, 0.3) is 0 Å². The van der Waals surface area contributed by atoms with E-state index in [1.165, 1.54) is 12.1 Å². The summed E-state index contributed by atoms with van der Waals surface area (Å²) < 4.78 is 35.5. The first-order chi connectivity index (χ1) is 7.47. The van der Waals surface area contributed by atoms with Crippen molar-refractivity contribution >= 4 is 10.0 Å². The molecule has 3 N–H and O–H groups in total. The molecule has 2 rings (SSSR count). The van der Waals surface area contributed by atoms with Crippen LogP contribution in [0.15, 0.2) is 23.1 Å². The molecule has 0 atom stereocenters. The zero-order chi connectivity index (χ0) is 11.8. The molecule has 0 bridgehead atoms. The lowest BCUT2D eigenvalue weighted by Gasteiger charge is -2.06. The molecule has 0 radical (unpaired) electrons. The second-order valence-electron chi connectivity index (χ2n) is 3.95. The van der Waals surface area contributed by atoms with E-state index in [0.29, 0.717) is 18.2 Å². The summed E-state index contributed by atoms with van der Waals surface area (Å²) in [5.41, 5.74) is 0.332. The van der Waals surface area contributed by atoms with E-state index in [9.17, 15) is 12.8 Å². The Balaban J connectivity index is 2.21. The van der Waals surface area contributed by atoms with Crippen molar-refractivity contribution in [1.82, 2.24) is 5.32 Å². The molecule has 0 saturated heterocycles. The highest BCUT2D eigenvalue weighted by Crippen LogP contribution is 2.20. The molecule has 0 unspecified atom stereocenters. The number of halogens is 1. The third-order valence-corrected chi connectivity index (χ3v) is 3.42. The van der Waals surface area contributed by atoms with E-state index in [0.717, 1.165) is 18.9 Å². The van der Waals surface area contributed by atoms with Crippen LogP contribution in [0.1, 0.15) is 18.4 Å². The lowest BCUT2D eigenvalue weighted by Crippen LogP contribution is -2.18. The molecular weight excluding hydrogens is 231 g/mol. The monoisotopic (exact) mass is 244 g/mol. The fourth-order valence-electron chi connectivity index (χ4n) is 1.41. The average Bonchev–Trinajstić information content (AvgIpc) is 2.98. The molecule has 1 aliphatic rings. The number of primary sulfonamides is 1. The van der Waals surface area contributed by atoms with Gasteiger partial charge in [-0.05, 0) is 31.0 Å². The summed E-state index contributed by atoms with van der Waals surface area (Å²) in [4.78, 5) is -0.0542. The van der Waals surface area contributed by atoms with Crippen molar-refractivity contribution in [3.63, 3.8) is 0 Å². The van der Waals surface area contributed by atoms with Crippen LogP contribution >= 0.6 is 0 Å². The summed E-state index contributed by atoms with van der Waals surface area (Å²) in [5, 5.41) is 8.09. The summed E-state index contributed by atoms with van der Waals surface area (Å²) >= 11 is 0. The molecule has 0 spiro atoms. The molecule has 1 saturated carbocycles. The Kier molecular flexibility index (Phi) is 2.96. The van der Waals surface area contributed by atoms with Crippen molar-refractivity contribution in [3.8, 4) is 0 Å². The van der Waals surface area contributed by atoms with E-state index in [1.54, 1.807) is 0 Å². The Labute approximate surface area is 93.7 Å². The average molecular weight is 244 g/mol. The van der Waals surface area contributed by atoms with E-state index in [1.807, 2.05) is 0 Å². The quantitative estimate of drug-likeness (QED) is 0.820. The topological polar surface area (TPSA) is 72.2 Å². The van der Waals surface area contributed by atoms with Crippen molar-refractivity contribution in [2.24, 2.45) is 5.14 Å². The van der Waals surface area contributed by atoms with Gasteiger partial charge in [0, 0.05) is 18.2 Å². The van der Waals surface area contributed by atoms with Crippen LogP contribution in [0.3, 0.4) is 0 Å². The molecule has 0 amide bonds. The largest absolute Gasteiger partial charge is 0.310 e. The van der Waals surface area contributed by atoms with Crippen molar-refractivity contribution in [1.29, 1.82) is 0 Å². The molecular formula is C10H13FN2O2S. The molecule has 6 heteroatoms. The highest BCUT2D eigenvalue weighted by molar-refractivity contribution is 7.89. The van der Waals surface area contributed by atoms with Crippen molar-refractivity contribution in [2.75, 3.05) is 0 Å². The first kappa shape index (κ1) is 11.5. The number of rotatable bonds is 4. The van der Waals surface area contributed by atoms with Gasteiger partial charge in [-0.1, -0.05) is 0 Å². The Morgan fingerprint density at radius 2 is 2.12 bits per heavy atom. The van der Waals surface area contributed by atoms with Crippen LogP contribution in [0.4, 0.5) is 4.39 Å². The summed E-state index contributed by atoms with van der Waals surface area (Å²) in [5.74, 6) is -0.416. The summed E-state index contributed by atoms with van der Waals surface area (Å²) in [6.07, 6.45) is 2.19. The maximum atomic E-state index is 13.4. The molecule has 4 nitrogen and oxygen atoms in total. The minimum absolute atomic E-state index is 0.0542. The van der Waals surface area contributed by atoms with Crippen molar-refractivity contribution < 1.29 is 12.8 Å². The zero-order valence-corrected chi connectivity index (χ0v) is 9.43. The van der Waals surface area contributed by atoms with Gasteiger partial charge in [-0.15, -0.1) is 0 Å². The van der Waals surface area contributed by atoms with Gasteiger partial charge in [-0.25, -0.2) is 17.9 Å². The smallest absolute Gasteiger partial charge is 0.238 e.